The third-order valence-corrected chi connectivity index (χ3v) is 7.23. The highest BCUT2D eigenvalue weighted by molar-refractivity contribution is 6.69. The maximum atomic E-state index is 13.8. The number of halogens is 15. The number of nitrogens with one attached hydrogen (secondary N) is 1. The first-order valence-electron chi connectivity index (χ1n) is 12.7. The van der Waals surface area contributed by atoms with Gasteiger partial charge in [-0.15, -0.1) is 0 Å². The van der Waals surface area contributed by atoms with Crippen LogP contribution in [0.15, 0.2) is 36.4 Å². The molecule has 2 N–H and O–H groups in total. The Morgan fingerprint density at radius 1 is 0.652 bits per heavy atom. The highest BCUT2D eigenvalue weighted by Gasteiger charge is 2.51. The van der Waals surface area contributed by atoms with Crippen LogP contribution in [0, 0.1) is 0 Å². The van der Waals surface area contributed by atoms with Gasteiger partial charge in [-0.05, 0) is 86.6 Å². The molecule has 1 saturated heterocycles. The first-order chi connectivity index (χ1) is 20.4. The fourth-order valence-corrected chi connectivity index (χ4v) is 5.96. The van der Waals surface area contributed by atoms with Crippen molar-refractivity contribution >= 4 is 14.3 Å². The average molecular weight is 712 g/mol. The summed E-state index contributed by atoms with van der Waals surface area (Å²) >= 11 is 0. The van der Waals surface area contributed by atoms with Crippen LogP contribution in [0.5, 0.6) is 0 Å². The van der Waals surface area contributed by atoms with Gasteiger partial charge in [0, 0.05) is 6.04 Å². The second-order valence-electron chi connectivity index (χ2n) is 11.0. The van der Waals surface area contributed by atoms with E-state index in [0.717, 1.165) is 0 Å². The lowest BCUT2D eigenvalue weighted by atomic mass is 9.77. The first kappa shape index (κ1) is 39.2. The molecule has 0 saturated carbocycles. The summed E-state index contributed by atoms with van der Waals surface area (Å²) in [7, 11) is -3.14. The smallest absolute Gasteiger partial charge is 0.475 e. The molecular formula is C26H24F15NO3Si. The number of hydrogen-bond donors (Lipinski definition) is 2. The zero-order valence-electron chi connectivity index (χ0n) is 23.6. The van der Waals surface area contributed by atoms with E-state index in [9.17, 15) is 65.9 Å². The molecule has 1 heterocycles. The lowest BCUT2D eigenvalue weighted by Crippen LogP contribution is -2.53. The van der Waals surface area contributed by atoms with Crippen LogP contribution in [0.3, 0.4) is 0 Å². The third kappa shape index (κ3) is 9.75. The van der Waals surface area contributed by atoms with Gasteiger partial charge >= 0.3 is 36.9 Å². The Morgan fingerprint density at radius 2 is 0.935 bits per heavy atom. The maximum absolute atomic E-state index is 13.8. The number of rotatable bonds is 5. The van der Waals surface area contributed by atoms with E-state index >= 15 is 0 Å². The van der Waals surface area contributed by atoms with Crippen molar-refractivity contribution in [3.8, 4) is 0 Å². The molecule has 0 unspecified atom stereocenters. The number of hydrogen-bond acceptors (Lipinski definition) is 3. The van der Waals surface area contributed by atoms with E-state index in [2.05, 4.69) is 5.32 Å². The zero-order valence-corrected chi connectivity index (χ0v) is 24.6. The van der Waals surface area contributed by atoms with Gasteiger partial charge in [-0.2, -0.15) is 65.9 Å². The molecule has 2 aromatic carbocycles. The van der Waals surface area contributed by atoms with Crippen LogP contribution >= 0.6 is 0 Å². The van der Waals surface area contributed by atoms with Gasteiger partial charge in [0.05, 0.1) is 22.3 Å². The molecule has 260 valence electrons. The van der Waals surface area contributed by atoms with Gasteiger partial charge in [0.15, 0.2) is 8.32 Å². The molecular weight excluding hydrogens is 687 g/mol. The highest BCUT2D eigenvalue weighted by atomic mass is 28.4. The number of benzene rings is 2. The molecule has 20 heteroatoms. The van der Waals surface area contributed by atoms with E-state index in [1.54, 1.807) is 0 Å². The van der Waals surface area contributed by atoms with Crippen LogP contribution in [0.4, 0.5) is 65.9 Å². The molecule has 0 spiro atoms. The molecule has 4 nitrogen and oxygen atoms in total. The van der Waals surface area contributed by atoms with E-state index < -0.39 is 90.2 Å². The number of aliphatic carboxylic acids is 1. The largest absolute Gasteiger partial charge is 0.490 e. The summed E-state index contributed by atoms with van der Waals surface area (Å²) in [5.74, 6) is -2.76. The number of carbonyl (C=O) groups is 1. The standard InChI is InChI=1S/C24H23F12NOSi.C2HF3O2/c1-39(2,3)38-20(19-5-4-6-37-19,13-7-15(21(25,26)27)11-16(8-13)22(28,29)30)14-9-17(23(31,32)33)12-18(10-14)24(34,35)36;3-2(4,5)1(6)7/h7-12,19,37H,4-6H2,1-3H3;(H,6,7)/t19-;/m0./s1. The molecule has 46 heavy (non-hydrogen) atoms. The monoisotopic (exact) mass is 711 g/mol. The summed E-state index contributed by atoms with van der Waals surface area (Å²) in [5.41, 5.74) is -11.4. The topological polar surface area (TPSA) is 58.6 Å². The Kier molecular flexibility index (Phi) is 11.0. The van der Waals surface area contributed by atoms with E-state index in [1.807, 2.05) is 0 Å². The van der Waals surface area contributed by atoms with Crippen molar-refractivity contribution in [3.63, 3.8) is 0 Å². The molecule has 2 aromatic rings. The molecule has 0 amide bonds. The molecule has 0 aliphatic carbocycles. The Morgan fingerprint density at radius 3 is 1.13 bits per heavy atom. The Labute approximate surface area is 251 Å². The van der Waals surface area contributed by atoms with Crippen LogP contribution in [0.1, 0.15) is 46.2 Å². The van der Waals surface area contributed by atoms with Crippen LogP contribution in [0.2, 0.25) is 19.6 Å². The van der Waals surface area contributed by atoms with Gasteiger partial charge in [-0.25, -0.2) is 4.79 Å². The molecule has 3 rings (SSSR count). The number of carboxylic acids is 1. The predicted octanol–water partition coefficient (Wildman–Crippen LogP) is 9.24. The highest BCUT2D eigenvalue weighted by Crippen LogP contribution is 2.48. The summed E-state index contributed by atoms with van der Waals surface area (Å²) in [5, 5.41) is 9.95. The second kappa shape index (κ2) is 12.9. The fourth-order valence-electron chi connectivity index (χ4n) is 4.61. The number of alkyl halides is 15. The quantitative estimate of drug-likeness (QED) is 0.240. The van der Waals surface area contributed by atoms with Gasteiger partial charge in [0.1, 0.15) is 5.60 Å². The summed E-state index contributed by atoms with van der Waals surface area (Å²) in [6.07, 6.45) is -26.1. The van der Waals surface area contributed by atoms with Crippen molar-refractivity contribution in [1.82, 2.24) is 5.32 Å². The zero-order chi connectivity index (χ0) is 35.9. The van der Waals surface area contributed by atoms with Crippen LogP contribution in [-0.2, 0) is 39.5 Å². The van der Waals surface area contributed by atoms with E-state index in [1.165, 1.54) is 19.6 Å². The molecule has 1 aliphatic heterocycles. The molecule has 1 atom stereocenters. The van der Waals surface area contributed by atoms with Crippen molar-refractivity contribution in [1.29, 1.82) is 0 Å². The Bertz CT molecular complexity index is 1240. The maximum Gasteiger partial charge on any atom is 0.490 e. The summed E-state index contributed by atoms with van der Waals surface area (Å²) in [6, 6.07) is -0.410. The Hall–Kier alpha value is -3.00. The molecule has 0 bridgehead atoms. The minimum absolute atomic E-state index is 0.0142. The molecule has 0 radical (unpaired) electrons. The van der Waals surface area contributed by atoms with Crippen molar-refractivity contribution in [3.05, 3.63) is 69.8 Å². The summed E-state index contributed by atoms with van der Waals surface area (Å²) in [6.45, 7) is 4.55. The predicted molar refractivity (Wildman–Crippen MR) is 133 cm³/mol. The fraction of sp³-hybridized carbons (Fsp3) is 0.500. The SMILES string of the molecule is C[Si](C)(C)OC(c1cc(C(F)(F)F)cc(C(F)(F)F)c1)(c1cc(C(F)(F)F)cc(C(F)(F)F)c1)[C@@H]1CCCN1.O=C(O)C(F)(F)F. The van der Waals surface area contributed by atoms with Gasteiger partial charge in [0.2, 0.25) is 0 Å². The van der Waals surface area contributed by atoms with Crippen molar-refractivity contribution in [2.75, 3.05) is 6.54 Å². The Balaban J connectivity index is 0.000000942. The summed E-state index contributed by atoms with van der Waals surface area (Å²) < 4.78 is 203. The van der Waals surface area contributed by atoms with Gasteiger partial charge in [-0.3, -0.25) is 0 Å². The lowest BCUT2D eigenvalue weighted by Gasteiger charge is -2.45. The van der Waals surface area contributed by atoms with Crippen LogP contribution in [-0.4, -0.2) is 38.2 Å². The second-order valence-corrected chi connectivity index (χ2v) is 15.4. The minimum atomic E-state index is -5.32. The first-order valence-corrected chi connectivity index (χ1v) is 16.1. The summed E-state index contributed by atoms with van der Waals surface area (Å²) in [4.78, 5) is 8.90. The molecule has 0 aromatic heterocycles. The van der Waals surface area contributed by atoms with E-state index in [-0.39, 0.29) is 31.5 Å². The molecule has 1 fully saturated rings. The number of carboxylic acid groups (broad SMARTS) is 1. The van der Waals surface area contributed by atoms with Gasteiger partial charge in [-0.1, -0.05) is 0 Å². The normalized spacial score (nSPS) is 17.0. The average Bonchev–Trinajstić information content (AvgIpc) is 3.39. The van der Waals surface area contributed by atoms with Crippen molar-refractivity contribution < 1.29 is 80.2 Å². The van der Waals surface area contributed by atoms with Crippen LogP contribution in [0.25, 0.3) is 0 Å². The van der Waals surface area contributed by atoms with E-state index in [4.69, 9.17) is 14.3 Å². The van der Waals surface area contributed by atoms with E-state index in [0.29, 0.717) is 24.3 Å². The van der Waals surface area contributed by atoms with Gasteiger partial charge in [0.25, 0.3) is 0 Å². The molecule has 1 aliphatic rings. The van der Waals surface area contributed by atoms with Crippen LogP contribution < -0.4 is 5.32 Å². The van der Waals surface area contributed by atoms with Gasteiger partial charge < -0.3 is 14.8 Å². The lowest BCUT2D eigenvalue weighted by molar-refractivity contribution is -0.192. The van der Waals surface area contributed by atoms with Crippen molar-refractivity contribution in [2.45, 2.75) is 75.0 Å². The van der Waals surface area contributed by atoms with Crippen molar-refractivity contribution in [2.24, 2.45) is 0 Å². The minimum Gasteiger partial charge on any atom is -0.475 e. The third-order valence-electron chi connectivity index (χ3n) is 6.29.